The van der Waals surface area contributed by atoms with Crippen molar-refractivity contribution in [3.8, 4) is 5.75 Å². The molecular formula is C20H26N2O3. The van der Waals surface area contributed by atoms with E-state index in [4.69, 9.17) is 4.74 Å². The van der Waals surface area contributed by atoms with Gasteiger partial charge in [0.15, 0.2) is 0 Å². The van der Waals surface area contributed by atoms with E-state index in [-0.39, 0.29) is 17.9 Å². The third-order valence-electron chi connectivity index (χ3n) is 4.69. The molecule has 1 aliphatic heterocycles. The summed E-state index contributed by atoms with van der Waals surface area (Å²) in [5, 5.41) is 3.04. The van der Waals surface area contributed by atoms with E-state index in [1.54, 1.807) is 6.08 Å². The Morgan fingerprint density at radius 2 is 1.92 bits per heavy atom. The summed E-state index contributed by atoms with van der Waals surface area (Å²) in [5.74, 6) is 1.23. The molecule has 0 radical (unpaired) electrons. The molecule has 5 nitrogen and oxygen atoms in total. The molecule has 2 fully saturated rings. The lowest BCUT2D eigenvalue weighted by Crippen LogP contribution is -2.46. The van der Waals surface area contributed by atoms with E-state index in [0.717, 1.165) is 12.8 Å². The normalized spacial score (nSPS) is 18.4. The van der Waals surface area contributed by atoms with Crippen molar-refractivity contribution in [2.75, 3.05) is 19.7 Å². The molecule has 1 saturated carbocycles. The first kappa shape index (κ1) is 17.5. The number of rotatable bonds is 6. The average molecular weight is 342 g/mol. The Morgan fingerprint density at radius 3 is 2.60 bits per heavy atom. The van der Waals surface area contributed by atoms with Crippen LogP contribution in [-0.2, 0) is 4.79 Å². The number of likely N-dealkylation sites (tertiary alicyclic amines) is 1. The van der Waals surface area contributed by atoms with Crippen molar-refractivity contribution in [1.82, 2.24) is 10.2 Å². The molecule has 5 heteroatoms. The fourth-order valence-corrected chi connectivity index (χ4v) is 3.08. The molecule has 0 spiro atoms. The Labute approximate surface area is 149 Å². The van der Waals surface area contributed by atoms with Crippen LogP contribution < -0.4 is 10.1 Å². The zero-order valence-corrected chi connectivity index (χ0v) is 14.7. The van der Waals surface area contributed by atoms with Crippen LogP contribution in [0.5, 0.6) is 5.75 Å². The predicted molar refractivity (Wildman–Crippen MR) is 96.5 cm³/mol. The molecule has 1 heterocycles. The summed E-state index contributed by atoms with van der Waals surface area (Å²) < 4.78 is 5.56. The zero-order chi connectivity index (χ0) is 17.6. The van der Waals surface area contributed by atoms with Crippen LogP contribution in [0.1, 0.15) is 43.0 Å². The number of nitrogens with zero attached hydrogens (tertiary/aromatic N) is 1. The molecular weight excluding hydrogens is 316 g/mol. The third-order valence-corrected chi connectivity index (χ3v) is 4.69. The summed E-state index contributed by atoms with van der Waals surface area (Å²) in [4.78, 5) is 26.5. The van der Waals surface area contributed by atoms with Crippen molar-refractivity contribution in [3.05, 3.63) is 42.0 Å². The highest BCUT2D eigenvalue weighted by Gasteiger charge is 2.26. The number of hydrogen-bond acceptors (Lipinski definition) is 3. The van der Waals surface area contributed by atoms with Gasteiger partial charge in [0, 0.05) is 19.1 Å². The SMILES string of the molecule is CCOc1ccccc1C(=O)N1CCC(NC(=O)C=CC2CC2)CC1. The number of ether oxygens (including phenoxy) is 1. The second-order valence-corrected chi connectivity index (χ2v) is 6.70. The summed E-state index contributed by atoms with van der Waals surface area (Å²) in [6.45, 7) is 3.74. The molecule has 2 aliphatic rings. The quantitative estimate of drug-likeness (QED) is 0.809. The van der Waals surface area contributed by atoms with Gasteiger partial charge in [0.2, 0.25) is 5.91 Å². The number of piperidine rings is 1. The summed E-state index contributed by atoms with van der Waals surface area (Å²) in [7, 11) is 0. The first-order valence-electron chi connectivity index (χ1n) is 9.17. The van der Waals surface area contributed by atoms with Crippen LogP contribution in [0.15, 0.2) is 36.4 Å². The molecule has 134 valence electrons. The second kappa shape index (κ2) is 8.19. The van der Waals surface area contributed by atoms with Crippen LogP contribution in [-0.4, -0.2) is 42.5 Å². The molecule has 0 aromatic heterocycles. The van der Waals surface area contributed by atoms with E-state index >= 15 is 0 Å². The Balaban J connectivity index is 1.51. The minimum absolute atomic E-state index is 0.00227. The van der Waals surface area contributed by atoms with Gasteiger partial charge in [0.05, 0.1) is 12.2 Å². The highest BCUT2D eigenvalue weighted by molar-refractivity contribution is 5.97. The smallest absolute Gasteiger partial charge is 0.257 e. The average Bonchev–Trinajstić information content (AvgIpc) is 3.45. The molecule has 0 unspecified atom stereocenters. The molecule has 0 atom stereocenters. The molecule has 1 N–H and O–H groups in total. The minimum atomic E-state index is -0.0154. The maximum atomic E-state index is 12.8. The fraction of sp³-hybridized carbons (Fsp3) is 0.500. The number of para-hydroxylation sites is 1. The van der Waals surface area contributed by atoms with Crippen LogP contribution in [0.25, 0.3) is 0 Å². The molecule has 25 heavy (non-hydrogen) atoms. The van der Waals surface area contributed by atoms with E-state index in [2.05, 4.69) is 5.32 Å². The first-order chi connectivity index (χ1) is 12.2. The Bertz CT molecular complexity index is 644. The van der Waals surface area contributed by atoms with Crippen LogP contribution >= 0.6 is 0 Å². The lowest BCUT2D eigenvalue weighted by atomic mass is 10.0. The van der Waals surface area contributed by atoms with Crippen LogP contribution in [0.3, 0.4) is 0 Å². The molecule has 1 aromatic rings. The van der Waals surface area contributed by atoms with E-state index in [1.165, 1.54) is 12.8 Å². The van der Waals surface area contributed by atoms with Gasteiger partial charge in [-0.25, -0.2) is 0 Å². The predicted octanol–water partition coefficient (Wildman–Crippen LogP) is 2.77. The minimum Gasteiger partial charge on any atom is -0.493 e. The van der Waals surface area contributed by atoms with Crippen LogP contribution in [0, 0.1) is 5.92 Å². The summed E-state index contributed by atoms with van der Waals surface area (Å²) >= 11 is 0. The second-order valence-electron chi connectivity index (χ2n) is 6.70. The van der Waals surface area contributed by atoms with Crippen molar-refractivity contribution in [2.24, 2.45) is 5.92 Å². The van der Waals surface area contributed by atoms with E-state index in [0.29, 0.717) is 36.9 Å². The monoisotopic (exact) mass is 342 g/mol. The standard InChI is InChI=1S/C20H26N2O3/c1-2-25-18-6-4-3-5-17(18)20(24)22-13-11-16(12-14-22)21-19(23)10-9-15-7-8-15/h3-6,9-10,15-16H,2,7-8,11-14H2,1H3,(H,21,23). The molecule has 1 aromatic carbocycles. The number of carbonyl (C=O) groups is 2. The van der Waals surface area contributed by atoms with E-state index in [9.17, 15) is 9.59 Å². The van der Waals surface area contributed by atoms with E-state index in [1.807, 2.05) is 42.2 Å². The van der Waals surface area contributed by atoms with Gasteiger partial charge in [-0.1, -0.05) is 18.2 Å². The van der Waals surface area contributed by atoms with Crippen molar-refractivity contribution in [2.45, 2.75) is 38.6 Å². The number of allylic oxidation sites excluding steroid dienone is 1. The topological polar surface area (TPSA) is 58.6 Å². The highest BCUT2D eigenvalue weighted by atomic mass is 16.5. The highest BCUT2D eigenvalue weighted by Crippen LogP contribution is 2.29. The first-order valence-corrected chi connectivity index (χ1v) is 9.17. The van der Waals surface area contributed by atoms with Crippen molar-refractivity contribution >= 4 is 11.8 Å². The number of benzene rings is 1. The van der Waals surface area contributed by atoms with Crippen molar-refractivity contribution in [1.29, 1.82) is 0 Å². The fourth-order valence-electron chi connectivity index (χ4n) is 3.08. The molecule has 3 rings (SSSR count). The van der Waals surface area contributed by atoms with Crippen LogP contribution in [0.4, 0.5) is 0 Å². The zero-order valence-electron chi connectivity index (χ0n) is 14.7. The van der Waals surface area contributed by atoms with Crippen molar-refractivity contribution in [3.63, 3.8) is 0 Å². The largest absolute Gasteiger partial charge is 0.493 e. The van der Waals surface area contributed by atoms with Gasteiger partial charge < -0.3 is 15.0 Å². The van der Waals surface area contributed by atoms with Gasteiger partial charge in [0.1, 0.15) is 5.75 Å². The molecule has 1 saturated heterocycles. The van der Waals surface area contributed by atoms with Gasteiger partial charge in [-0.15, -0.1) is 0 Å². The third kappa shape index (κ3) is 4.84. The Hall–Kier alpha value is -2.30. The number of amides is 2. The van der Waals surface area contributed by atoms with Gasteiger partial charge in [-0.05, 0) is 56.7 Å². The van der Waals surface area contributed by atoms with Crippen molar-refractivity contribution < 1.29 is 14.3 Å². The lowest BCUT2D eigenvalue weighted by molar-refractivity contribution is -0.117. The van der Waals surface area contributed by atoms with Gasteiger partial charge in [0.25, 0.3) is 5.91 Å². The van der Waals surface area contributed by atoms with Gasteiger partial charge in [-0.2, -0.15) is 0 Å². The van der Waals surface area contributed by atoms with E-state index < -0.39 is 0 Å². The maximum absolute atomic E-state index is 12.8. The molecule has 2 amide bonds. The Kier molecular flexibility index (Phi) is 5.74. The van der Waals surface area contributed by atoms with Crippen LogP contribution in [0.2, 0.25) is 0 Å². The lowest BCUT2D eigenvalue weighted by Gasteiger charge is -2.32. The molecule has 1 aliphatic carbocycles. The summed E-state index contributed by atoms with van der Waals surface area (Å²) in [5.41, 5.74) is 0.610. The van der Waals surface area contributed by atoms with Gasteiger partial charge >= 0.3 is 0 Å². The number of hydrogen-bond donors (Lipinski definition) is 1. The summed E-state index contributed by atoms with van der Waals surface area (Å²) in [6, 6.07) is 7.51. The maximum Gasteiger partial charge on any atom is 0.257 e. The summed E-state index contributed by atoms with van der Waals surface area (Å²) in [6.07, 6.45) is 7.63. The number of nitrogens with one attached hydrogen (secondary N) is 1. The Morgan fingerprint density at radius 1 is 1.20 bits per heavy atom. The van der Waals surface area contributed by atoms with Gasteiger partial charge in [-0.3, -0.25) is 9.59 Å². The molecule has 0 bridgehead atoms. The number of carbonyl (C=O) groups excluding carboxylic acids is 2.